The quantitative estimate of drug-likeness (QED) is 0.715. The summed E-state index contributed by atoms with van der Waals surface area (Å²) in [6.45, 7) is 0. The number of nitrogens with zero attached hydrogens (tertiary/aromatic N) is 2. The molecule has 0 spiro atoms. The second-order valence-corrected chi connectivity index (χ2v) is 6.58. The van der Waals surface area contributed by atoms with E-state index in [1.165, 1.54) is 0 Å². The largest absolute Gasteiger partial charge is 0.460 e. The molecule has 1 aliphatic rings. The van der Waals surface area contributed by atoms with Crippen molar-refractivity contribution in [1.29, 1.82) is 0 Å². The fraction of sp³-hybridized carbons (Fsp3) is 0.300. The summed E-state index contributed by atoms with van der Waals surface area (Å²) in [5, 5.41) is 3.66. The highest BCUT2D eigenvalue weighted by molar-refractivity contribution is 5.96. The van der Waals surface area contributed by atoms with Crippen LogP contribution in [-0.2, 0) is 0 Å². The molecule has 1 aromatic carbocycles. The standard InChI is InChI=1S/C20H19N3O4/c24-18(16-12-13-4-1-2-5-17(13)27-19(16)25)23-14-6-8-15(9-7-14)26-20-21-10-3-11-22-20/h1-5,10-12,14-15H,6-9H2,(H,23,24). The van der Waals surface area contributed by atoms with Gasteiger partial charge in [-0.25, -0.2) is 14.8 Å². The zero-order valence-electron chi connectivity index (χ0n) is 14.6. The van der Waals surface area contributed by atoms with E-state index in [2.05, 4.69) is 15.3 Å². The van der Waals surface area contributed by atoms with Crippen LogP contribution in [0.1, 0.15) is 36.0 Å². The van der Waals surface area contributed by atoms with Gasteiger partial charge in [-0.15, -0.1) is 0 Å². The minimum Gasteiger partial charge on any atom is -0.460 e. The van der Waals surface area contributed by atoms with E-state index in [4.69, 9.17) is 9.15 Å². The first kappa shape index (κ1) is 17.2. The van der Waals surface area contributed by atoms with Crippen LogP contribution in [0, 0.1) is 0 Å². The van der Waals surface area contributed by atoms with Crippen LogP contribution >= 0.6 is 0 Å². The highest BCUT2D eigenvalue weighted by Gasteiger charge is 2.25. The number of fused-ring (bicyclic) bond motifs is 1. The van der Waals surface area contributed by atoms with Crippen LogP contribution in [0.3, 0.4) is 0 Å². The third-order valence-corrected chi connectivity index (χ3v) is 4.71. The van der Waals surface area contributed by atoms with E-state index in [1.807, 2.05) is 12.1 Å². The first-order valence-corrected chi connectivity index (χ1v) is 8.96. The van der Waals surface area contributed by atoms with Crippen molar-refractivity contribution in [2.45, 2.75) is 37.8 Å². The number of rotatable bonds is 4. The van der Waals surface area contributed by atoms with E-state index in [0.717, 1.165) is 31.1 Å². The molecule has 1 N–H and O–H groups in total. The highest BCUT2D eigenvalue weighted by Crippen LogP contribution is 2.22. The molecular weight excluding hydrogens is 346 g/mol. The lowest BCUT2D eigenvalue weighted by Crippen LogP contribution is -2.41. The normalized spacial score (nSPS) is 19.6. The van der Waals surface area contributed by atoms with Gasteiger partial charge in [0.05, 0.1) is 0 Å². The van der Waals surface area contributed by atoms with Crippen LogP contribution in [-0.4, -0.2) is 28.0 Å². The van der Waals surface area contributed by atoms with Crippen LogP contribution in [0.15, 0.2) is 58.0 Å². The molecular formula is C20H19N3O4. The molecule has 7 heteroatoms. The number of nitrogens with one attached hydrogen (secondary N) is 1. The average Bonchev–Trinajstić information content (AvgIpc) is 2.69. The van der Waals surface area contributed by atoms with Crippen molar-refractivity contribution >= 4 is 16.9 Å². The van der Waals surface area contributed by atoms with Crippen LogP contribution in [0.2, 0.25) is 0 Å². The Balaban J connectivity index is 1.37. The van der Waals surface area contributed by atoms with Gasteiger partial charge in [0.2, 0.25) is 0 Å². The minimum absolute atomic E-state index is 0.0000815. The highest BCUT2D eigenvalue weighted by atomic mass is 16.5. The second-order valence-electron chi connectivity index (χ2n) is 6.58. The first-order valence-electron chi connectivity index (χ1n) is 8.96. The molecule has 0 saturated heterocycles. The molecule has 27 heavy (non-hydrogen) atoms. The van der Waals surface area contributed by atoms with Gasteiger partial charge in [-0.2, -0.15) is 0 Å². The number of para-hydroxylation sites is 1. The Morgan fingerprint density at radius 3 is 2.59 bits per heavy atom. The molecule has 0 unspecified atom stereocenters. The minimum atomic E-state index is -0.621. The van der Waals surface area contributed by atoms with Crippen molar-refractivity contribution in [2.24, 2.45) is 0 Å². The predicted molar refractivity (Wildman–Crippen MR) is 98.7 cm³/mol. The van der Waals surface area contributed by atoms with Gasteiger partial charge in [0.15, 0.2) is 0 Å². The Kier molecular flexibility index (Phi) is 4.82. The number of hydrogen-bond donors (Lipinski definition) is 1. The fourth-order valence-corrected chi connectivity index (χ4v) is 3.30. The molecule has 0 radical (unpaired) electrons. The van der Waals surface area contributed by atoms with Crippen molar-refractivity contribution in [3.63, 3.8) is 0 Å². The van der Waals surface area contributed by atoms with Gasteiger partial charge < -0.3 is 14.5 Å². The average molecular weight is 365 g/mol. The van der Waals surface area contributed by atoms with Gasteiger partial charge >= 0.3 is 11.6 Å². The van der Waals surface area contributed by atoms with Gasteiger partial charge in [0.1, 0.15) is 17.3 Å². The summed E-state index contributed by atoms with van der Waals surface area (Å²) >= 11 is 0. The maximum Gasteiger partial charge on any atom is 0.349 e. The topological polar surface area (TPSA) is 94.3 Å². The predicted octanol–water partition coefficient (Wildman–Crippen LogP) is 2.70. The monoisotopic (exact) mass is 365 g/mol. The van der Waals surface area contributed by atoms with Crippen molar-refractivity contribution in [1.82, 2.24) is 15.3 Å². The molecule has 0 atom stereocenters. The number of aromatic nitrogens is 2. The second kappa shape index (κ2) is 7.57. The Bertz CT molecular complexity index is 995. The summed E-state index contributed by atoms with van der Waals surface area (Å²) in [5.74, 6) is -0.398. The van der Waals surface area contributed by atoms with Gasteiger partial charge in [-0.1, -0.05) is 18.2 Å². The van der Waals surface area contributed by atoms with Crippen LogP contribution in [0.5, 0.6) is 6.01 Å². The molecule has 2 heterocycles. The van der Waals surface area contributed by atoms with Gasteiger partial charge in [0, 0.05) is 23.8 Å². The third-order valence-electron chi connectivity index (χ3n) is 4.71. The maximum absolute atomic E-state index is 12.5. The summed E-state index contributed by atoms with van der Waals surface area (Å²) in [6, 6.07) is 10.8. The number of carbonyl (C=O) groups excluding carboxylic acids is 1. The van der Waals surface area contributed by atoms with E-state index < -0.39 is 11.5 Å². The van der Waals surface area contributed by atoms with E-state index in [-0.39, 0.29) is 17.7 Å². The van der Waals surface area contributed by atoms with Crippen LogP contribution < -0.4 is 15.7 Å². The molecule has 7 nitrogen and oxygen atoms in total. The SMILES string of the molecule is O=C(NC1CCC(Oc2ncccn2)CC1)c1cc2ccccc2oc1=O. The molecule has 138 valence electrons. The van der Waals surface area contributed by atoms with Crippen molar-refractivity contribution in [3.8, 4) is 6.01 Å². The Labute approximate surface area is 155 Å². The molecule has 4 rings (SSSR count). The molecule has 1 saturated carbocycles. The molecule has 1 amide bonds. The summed E-state index contributed by atoms with van der Waals surface area (Å²) in [4.78, 5) is 32.8. The van der Waals surface area contributed by atoms with Crippen molar-refractivity contribution in [2.75, 3.05) is 0 Å². The van der Waals surface area contributed by atoms with E-state index >= 15 is 0 Å². The van der Waals surface area contributed by atoms with E-state index in [0.29, 0.717) is 11.6 Å². The molecule has 1 aliphatic carbocycles. The smallest absolute Gasteiger partial charge is 0.349 e. The fourth-order valence-electron chi connectivity index (χ4n) is 3.30. The summed E-state index contributed by atoms with van der Waals surface area (Å²) in [6.07, 6.45) is 6.42. The molecule has 1 fully saturated rings. The summed E-state index contributed by atoms with van der Waals surface area (Å²) in [7, 11) is 0. The third kappa shape index (κ3) is 3.97. The summed E-state index contributed by atoms with van der Waals surface area (Å²) in [5.41, 5.74) is -0.117. The number of carbonyl (C=O) groups is 1. The first-order chi connectivity index (χ1) is 13.2. The van der Waals surface area contributed by atoms with Crippen LogP contribution in [0.4, 0.5) is 0 Å². The van der Waals surface area contributed by atoms with Gasteiger partial charge in [-0.05, 0) is 43.9 Å². The maximum atomic E-state index is 12.5. The van der Waals surface area contributed by atoms with Crippen molar-refractivity contribution in [3.05, 3.63) is 64.8 Å². The lowest BCUT2D eigenvalue weighted by molar-refractivity contribution is 0.0882. The number of amides is 1. The molecule has 3 aromatic rings. The number of hydrogen-bond acceptors (Lipinski definition) is 6. The zero-order valence-corrected chi connectivity index (χ0v) is 14.6. The van der Waals surface area contributed by atoms with E-state index in [9.17, 15) is 9.59 Å². The van der Waals surface area contributed by atoms with Gasteiger partial charge in [0.25, 0.3) is 5.91 Å². The van der Waals surface area contributed by atoms with Crippen molar-refractivity contribution < 1.29 is 13.9 Å². The van der Waals surface area contributed by atoms with E-state index in [1.54, 1.807) is 36.7 Å². The molecule has 0 aliphatic heterocycles. The molecule has 0 bridgehead atoms. The zero-order chi connectivity index (χ0) is 18.6. The Morgan fingerprint density at radius 2 is 1.81 bits per heavy atom. The molecule has 2 aromatic heterocycles. The number of benzene rings is 1. The Morgan fingerprint density at radius 1 is 1.07 bits per heavy atom. The van der Waals surface area contributed by atoms with Crippen LogP contribution in [0.25, 0.3) is 11.0 Å². The van der Waals surface area contributed by atoms with Gasteiger partial charge in [-0.3, -0.25) is 4.79 Å². The lowest BCUT2D eigenvalue weighted by Gasteiger charge is -2.28. The Hall–Kier alpha value is -3.22. The summed E-state index contributed by atoms with van der Waals surface area (Å²) < 4.78 is 11.0. The number of ether oxygens (including phenoxy) is 1. The lowest BCUT2D eigenvalue weighted by atomic mass is 9.93.